The standard InChI is InChI=1S/C16H18F3NO2/c1-3-15(4-2)9-13(21)20(14(15)22)10-11-6-5-7-12(8-11)16(17,18)19/h5-8H,3-4,9-10H2,1-2H3. The minimum absolute atomic E-state index is 0.108. The van der Waals surface area contributed by atoms with Gasteiger partial charge in [-0.3, -0.25) is 14.5 Å². The summed E-state index contributed by atoms with van der Waals surface area (Å²) in [5.74, 6) is -0.592. The molecule has 3 nitrogen and oxygen atoms in total. The van der Waals surface area contributed by atoms with Crippen molar-refractivity contribution in [2.24, 2.45) is 5.41 Å². The van der Waals surface area contributed by atoms with Crippen molar-refractivity contribution < 1.29 is 22.8 Å². The second kappa shape index (κ2) is 5.74. The molecule has 2 rings (SSSR count). The second-order valence-electron chi connectivity index (χ2n) is 5.65. The van der Waals surface area contributed by atoms with Crippen molar-refractivity contribution in [1.29, 1.82) is 0 Å². The Morgan fingerprint density at radius 1 is 1.18 bits per heavy atom. The molecule has 6 heteroatoms. The zero-order valence-electron chi connectivity index (χ0n) is 12.5. The lowest BCUT2D eigenvalue weighted by Crippen LogP contribution is -2.34. The van der Waals surface area contributed by atoms with Crippen LogP contribution in [0.25, 0.3) is 0 Å². The molecule has 0 radical (unpaired) electrons. The van der Waals surface area contributed by atoms with E-state index in [1.54, 1.807) is 0 Å². The molecule has 1 aliphatic rings. The lowest BCUT2D eigenvalue weighted by molar-refractivity contribution is -0.142. The van der Waals surface area contributed by atoms with Crippen LogP contribution in [0.2, 0.25) is 0 Å². The molecular formula is C16H18F3NO2. The van der Waals surface area contributed by atoms with Gasteiger partial charge < -0.3 is 0 Å². The average Bonchev–Trinajstić information content (AvgIpc) is 2.71. The molecule has 0 unspecified atom stereocenters. The Kier molecular flexibility index (Phi) is 4.31. The molecule has 1 heterocycles. The molecule has 1 aromatic carbocycles. The summed E-state index contributed by atoms with van der Waals surface area (Å²) < 4.78 is 38.2. The molecule has 0 spiro atoms. The molecule has 0 aromatic heterocycles. The largest absolute Gasteiger partial charge is 0.416 e. The number of imide groups is 1. The van der Waals surface area contributed by atoms with Crippen LogP contribution in [0.4, 0.5) is 13.2 Å². The predicted octanol–water partition coefficient (Wildman–Crippen LogP) is 3.77. The van der Waals surface area contributed by atoms with Gasteiger partial charge in [0.15, 0.2) is 0 Å². The van der Waals surface area contributed by atoms with Crippen molar-refractivity contribution in [1.82, 2.24) is 4.90 Å². The third-order valence-corrected chi connectivity index (χ3v) is 4.44. The van der Waals surface area contributed by atoms with E-state index in [1.165, 1.54) is 12.1 Å². The smallest absolute Gasteiger partial charge is 0.278 e. The van der Waals surface area contributed by atoms with Crippen molar-refractivity contribution in [3.63, 3.8) is 0 Å². The topological polar surface area (TPSA) is 37.4 Å². The van der Waals surface area contributed by atoms with Crippen molar-refractivity contribution in [2.45, 2.75) is 45.8 Å². The third kappa shape index (κ3) is 2.87. The van der Waals surface area contributed by atoms with Crippen LogP contribution in [0.3, 0.4) is 0 Å². The van der Waals surface area contributed by atoms with E-state index in [2.05, 4.69) is 0 Å². The minimum Gasteiger partial charge on any atom is -0.278 e. The molecular weight excluding hydrogens is 295 g/mol. The molecule has 2 amide bonds. The molecule has 0 N–H and O–H groups in total. The molecule has 0 bridgehead atoms. The van der Waals surface area contributed by atoms with Crippen LogP contribution in [-0.4, -0.2) is 16.7 Å². The number of halogens is 3. The van der Waals surface area contributed by atoms with Crippen LogP contribution in [0.15, 0.2) is 24.3 Å². The second-order valence-corrected chi connectivity index (χ2v) is 5.65. The van der Waals surface area contributed by atoms with Gasteiger partial charge in [0, 0.05) is 6.42 Å². The maximum absolute atomic E-state index is 12.7. The fourth-order valence-corrected chi connectivity index (χ4v) is 2.85. The van der Waals surface area contributed by atoms with Gasteiger partial charge in [-0.2, -0.15) is 13.2 Å². The van der Waals surface area contributed by atoms with E-state index in [9.17, 15) is 22.8 Å². The normalized spacial score (nSPS) is 18.1. The highest BCUT2D eigenvalue weighted by Gasteiger charge is 2.48. The fraction of sp³-hybridized carbons (Fsp3) is 0.500. The first-order valence-electron chi connectivity index (χ1n) is 7.24. The first-order chi connectivity index (χ1) is 10.2. The van der Waals surface area contributed by atoms with Gasteiger partial charge >= 0.3 is 6.18 Å². The number of benzene rings is 1. The Morgan fingerprint density at radius 2 is 1.82 bits per heavy atom. The summed E-state index contributed by atoms with van der Waals surface area (Å²) >= 11 is 0. The molecule has 22 heavy (non-hydrogen) atoms. The van der Waals surface area contributed by atoms with E-state index >= 15 is 0 Å². The van der Waals surface area contributed by atoms with E-state index in [0.29, 0.717) is 18.4 Å². The molecule has 1 fully saturated rings. The van der Waals surface area contributed by atoms with E-state index in [0.717, 1.165) is 17.0 Å². The van der Waals surface area contributed by atoms with Gasteiger partial charge in [-0.1, -0.05) is 26.0 Å². The summed E-state index contributed by atoms with van der Waals surface area (Å²) in [6.45, 7) is 3.59. The molecule has 120 valence electrons. The van der Waals surface area contributed by atoms with Crippen molar-refractivity contribution in [3.05, 3.63) is 35.4 Å². The maximum atomic E-state index is 12.7. The highest BCUT2D eigenvalue weighted by Crippen LogP contribution is 2.40. The number of hydrogen-bond acceptors (Lipinski definition) is 2. The Bertz CT molecular complexity index is 591. The van der Waals surface area contributed by atoms with Crippen LogP contribution >= 0.6 is 0 Å². The van der Waals surface area contributed by atoms with Crippen molar-refractivity contribution in [2.75, 3.05) is 0 Å². The lowest BCUT2D eigenvalue weighted by Gasteiger charge is -2.23. The fourth-order valence-electron chi connectivity index (χ4n) is 2.85. The van der Waals surface area contributed by atoms with Gasteiger partial charge in [0.25, 0.3) is 0 Å². The Hall–Kier alpha value is -1.85. The van der Waals surface area contributed by atoms with E-state index in [1.807, 2.05) is 13.8 Å². The first kappa shape index (κ1) is 16.5. The maximum Gasteiger partial charge on any atom is 0.416 e. The van der Waals surface area contributed by atoms with Crippen molar-refractivity contribution in [3.8, 4) is 0 Å². The first-order valence-corrected chi connectivity index (χ1v) is 7.24. The Labute approximate surface area is 127 Å². The summed E-state index contributed by atoms with van der Waals surface area (Å²) in [6, 6.07) is 4.74. The van der Waals surface area contributed by atoms with E-state index < -0.39 is 17.2 Å². The number of amides is 2. The lowest BCUT2D eigenvalue weighted by atomic mass is 9.81. The molecule has 0 aliphatic carbocycles. The molecule has 0 atom stereocenters. The van der Waals surface area contributed by atoms with Gasteiger partial charge in [0.2, 0.25) is 11.8 Å². The number of rotatable bonds is 4. The molecule has 1 aliphatic heterocycles. The number of nitrogens with zero attached hydrogens (tertiary/aromatic N) is 1. The summed E-state index contributed by atoms with van der Waals surface area (Å²) in [4.78, 5) is 25.6. The van der Waals surface area contributed by atoms with Crippen LogP contribution in [0.1, 0.15) is 44.2 Å². The van der Waals surface area contributed by atoms with Crippen LogP contribution in [0, 0.1) is 5.41 Å². The minimum atomic E-state index is -4.44. The van der Waals surface area contributed by atoms with E-state index in [-0.39, 0.29) is 24.8 Å². The van der Waals surface area contributed by atoms with Crippen LogP contribution < -0.4 is 0 Å². The summed E-state index contributed by atoms with van der Waals surface area (Å²) in [5.41, 5.74) is -1.17. The zero-order chi connectivity index (χ0) is 16.5. The quantitative estimate of drug-likeness (QED) is 0.794. The predicted molar refractivity (Wildman–Crippen MR) is 74.6 cm³/mol. The van der Waals surface area contributed by atoms with Gasteiger partial charge in [-0.25, -0.2) is 0 Å². The molecule has 1 saturated heterocycles. The number of hydrogen-bond donors (Lipinski definition) is 0. The Morgan fingerprint density at radius 3 is 2.32 bits per heavy atom. The third-order valence-electron chi connectivity index (χ3n) is 4.44. The Balaban J connectivity index is 2.25. The van der Waals surface area contributed by atoms with Crippen molar-refractivity contribution >= 4 is 11.8 Å². The van der Waals surface area contributed by atoms with Crippen LogP contribution in [0.5, 0.6) is 0 Å². The van der Waals surface area contributed by atoms with Crippen LogP contribution in [-0.2, 0) is 22.3 Å². The molecule has 1 aromatic rings. The molecule has 0 saturated carbocycles. The highest BCUT2D eigenvalue weighted by molar-refractivity contribution is 6.05. The number of likely N-dealkylation sites (tertiary alicyclic amines) is 1. The zero-order valence-corrected chi connectivity index (χ0v) is 12.5. The van der Waals surface area contributed by atoms with Gasteiger partial charge in [0.05, 0.1) is 17.5 Å². The summed E-state index contributed by atoms with van der Waals surface area (Å²) in [5, 5.41) is 0. The number of carbonyl (C=O) groups is 2. The van der Waals surface area contributed by atoms with Gasteiger partial charge in [-0.05, 0) is 30.5 Å². The summed E-state index contributed by atoms with van der Waals surface area (Å²) in [6.07, 6.45) is -3.20. The number of alkyl halides is 3. The average molecular weight is 313 g/mol. The summed E-state index contributed by atoms with van der Waals surface area (Å²) in [7, 11) is 0. The SMILES string of the molecule is CCC1(CC)CC(=O)N(Cc2cccc(C(F)(F)F)c2)C1=O. The van der Waals surface area contributed by atoms with Gasteiger partial charge in [0.1, 0.15) is 0 Å². The number of carbonyl (C=O) groups excluding carboxylic acids is 2. The highest BCUT2D eigenvalue weighted by atomic mass is 19.4. The van der Waals surface area contributed by atoms with E-state index in [4.69, 9.17) is 0 Å². The monoisotopic (exact) mass is 313 g/mol. The van der Waals surface area contributed by atoms with Gasteiger partial charge in [-0.15, -0.1) is 0 Å².